The van der Waals surface area contributed by atoms with Crippen LogP contribution in [0, 0.1) is 0 Å². The third kappa shape index (κ3) is 4.80. The minimum Gasteiger partial charge on any atom is -0.478 e. The quantitative estimate of drug-likeness (QED) is 0.757. The molecular formula is C14H22N2O4S. The van der Waals surface area contributed by atoms with Gasteiger partial charge in [0.25, 0.3) is 0 Å². The van der Waals surface area contributed by atoms with Crippen LogP contribution in [0.25, 0.3) is 0 Å². The summed E-state index contributed by atoms with van der Waals surface area (Å²) in [6.45, 7) is 7.95. The number of sulfonamides is 1. The average Bonchev–Trinajstić information content (AvgIpc) is 2.46. The van der Waals surface area contributed by atoms with E-state index >= 15 is 0 Å². The minimum absolute atomic E-state index is 0.0332. The van der Waals surface area contributed by atoms with Crippen molar-refractivity contribution >= 4 is 16.0 Å². The highest BCUT2D eigenvalue weighted by Gasteiger charge is 2.18. The van der Waals surface area contributed by atoms with Gasteiger partial charge < -0.3 is 5.11 Å². The van der Waals surface area contributed by atoms with E-state index in [2.05, 4.69) is 9.62 Å². The number of carboxylic acids is 1. The summed E-state index contributed by atoms with van der Waals surface area (Å²) < 4.78 is 26.9. The number of hydrogen-bond acceptors (Lipinski definition) is 4. The maximum Gasteiger partial charge on any atom is 0.335 e. The first-order valence-electron chi connectivity index (χ1n) is 6.88. The first-order chi connectivity index (χ1) is 9.81. The number of carboxylic acid groups (broad SMARTS) is 1. The first-order valence-corrected chi connectivity index (χ1v) is 8.37. The van der Waals surface area contributed by atoms with E-state index in [-0.39, 0.29) is 23.0 Å². The van der Waals surface area contributed by atoms with E-state index in [1.54, 1.807) is 0 Å². The molecule has 1 rings (SSSR count). The van der Waals surface area contributed by atoms with Crippen LogP contribution in [0.2, 0.25) is 0 Å². The highest BCUT2D eigenvalue weighted by Crippen LogP contribution is 2.12. The lowest BCUT2D eigenvalue weighted by atomic mass is 10.2. The van der Waals surface area contributed by atoms with Crippen LogP contribution in [-0.4, -0.2) is 50.1 Å². The summed E-state index contributed by atoms with van der Waals surface area (Å²) in [6, 6.07) is 5.40. The molecule has 0 saturated heterocycles. The number of rotatable bonds is 8. The molecule has 7 heteroatoms. The molecule has 21 heavy (non-hydrogen) atoms. The second kappa shape index (κ2) is 7.53. The maximum atomic E-state index is 12.2. The van der Waals surface area contributed by atoms with Crippen molar-refractivity contribution in [1.29, 1.82) is 0 Å². The van der Waals surface area contributed by atoms with Crippen LogP contribution in [0.3, 0.4) is 0 Å². The first kappa shape index (κ1) is 17.6. The molecule has 0 saturated carbocycles. The Morgan fingerprint density at radius 3 is 2.48 bits per heavy atom. The highest BCUT2D eigenvalue weighted by molar-refractivity contribution is 7.89. The molecule has 0 spiro atoms. The van der Waals surface area contributed by atoms with Gasteiger partial charge >= 0.3 is 5.97 Å². The van der Waals surface area contributed by atoms with Crippen LogP contribution in [-0.2, 0) is 10.0 Å². The molecule has 6 nitrogen and oxygen atoms in total. The number of hydrogen-bond donors (Lipinski definition) is 2. The smallest absolute Gasteiger partial charge is 0.335 e. The summed E-state index contributed by atoms with van der Waals surface area (Å²) in [5.41, 5.74) is -0.0466. The monoisotopic (exact) mass is 314 g/mol. The van der Waals surface area contributed by atoms with Gasteiger partial charge in [-0.05, 0) is 38.2 Å². The van der Waals surface area contributed by atoms with E-state index in [0.29, 0.717) is 0 Å². The largest absolute Gasteiger partial charge is 0.478 e. The molecule has 118 valence electrons. The average molecular weight is 314 g/mol. The van der Waals surface area contributed by atoms with Gasteiger partial charge in [0.1, 0.15) is 0 Å². The molecule has 0 aliphatic heterocycles. The Morgan fingerprint density at radius 2 is 1.95 bits per heavy atom. The van der Waals surface area contributed by atoms with Gasteiger partial charge in [-0.1, -0.05) is 19.9 Å². The number of nitrogens with one attached hydrogen (secondary N) is 1. The fraction of sp³-hybridized carbons (Fsp3) is 0.500. The van der Waals surface area contributed by atoms with Crippen molar-refractivity contribution in [2.45, 2.75) is 31.7 Å². The van der Waals surface area contributed by atoms with Crippen LogP contribution in [0.15, 0.2) is 29.2 Å². The summed E-state index contributed by atoms with van der Waals surface area (Å²) >= 11 is 0. The van der Waals surface area contributed by atoms with Crippen molar-refractivity contribution < 1.29 is 18.3 Å². The van der Waals surface area contributed by atoms with Gasteiger partial charge in [0.15, 0.2) is 0 Å². The second-order valence-electron chi connectivity index (χ2n) is 4.76. The molecule has 1 atom stereocenters. The number of likely N-dealkylation sites (N-methyl/N-ethyl adjacent to an activating group) is 1. The topological polar surface area (TPSA) is 86.7 Å². The number of benzene rings is 1. The van der Waals surface area contributed by atoms with Crippen LogP contribution >= 0.6 is 0 Å². The van der Waals surface area contributed by atoms with Gasteiger partial charge in [-0.2, -0.15) is 0 Å². The molecule has 0 bridgehead atoms. The van der Waals surface area contributed by atoms with Gasteiger partial charge in [0, 0.05) is 12.6 Å². The van der Waals surface area contributed by atoms with Gasteiger partial charge in [0.2, 0.25) is 10.0 Å². The molecule has 1 unspecified atom stereocenters. The zero-order valence-corrected chi connectivity index (χ0v) is 13.4. The molecule has 1 aromatic rings. The van der Waals surface area contributed by atoms with Crippen LogP contribution < -0.4 is 4.72 Å². The van der Waals surface area contributed by atoms with E-state index in [1.807, 2.05) is 20.8 Å². The van der Waals surface area contributed by atoms with Crippen LogP contribution in [0.5, 0.6) is 0 Å². The molecular weight excluding hydrogens is 292 g/mol. The Bertz CT molecular complexity index is 582. The van der Waals surface area contributed by atoms with Crippen LogP contribution in [0.4, 0.5) is 0 Å². The standard InChI is InChI=1S/C14H22N2O4S/c1-4-16(5-2)11(3)10-15-21(19,20)13-8-6-7-12(9-13)14(17)18/h6-9,11,15H,4-5,10H2,1-3H3,(H,17,18). The van der Waals surface area contributed by atoms with Gasteiger partial charge in [0.05, 0.1) is 10.5 Å². The molecule has 0 radical (unpaired) electrons. The van der Waals surface area contributed by atoms with Crippen molar-refractivity contribution in [3.63, 3.8) is 0 Å². The lowest BCUT2D eigenvalue weighted by molar-refractivity contribution is 0.0696. The summed E-state index contributed by atoms with van der Waals surface area (Å²) in [5, 5.41) is 8.91. The van der Waals surface area contributed by atoms with Crippen molar-refractivity contribution in [1.82, 2.24) is 9.62 Å². The lowest BCUT2D eigenvalue weighted by Crippen LogP contribution is -2.41. The highest BCUT2D eigenvalue weighted by atomic mass is 32.2. The fourth-order valence-corrected chi connectivity index (χ4v) is 3.25. The number of nitrogens with zero attached hydrogens (tertiary/aromatic N) is 1. The number of aromatic carboxylic acids is 1. The van der Waals surface area contributed by atoms with Gasteiger partial charge in [-0.3, -0.25) is 4.90 Å². The Balaban J connectivity index is 2.82. The van der Waals surface area contributed by atoms with E-state index < -0.39 is 16.0 Å². The van der Waals surface area contributed by atoms with E-state index in [9.17, 15) is 13.2 Å². The Labute approximate surface area is 125 Å². The normalized spacial score (nSPS) is 13.3. The SMILES string of the molecule is CCN(CC)C(C)CNS(=O)(=O)c1cccc(C(=O)O)c1. The molecule has 1 aromatic carbocycles. The Morgan fingerprint density at radius 1 is 1.33 bits per heavy atom. The molecule has 0 aliphatic carbocycles. The molecule has 0 fully saturated rings. The summed E-state index contributed by atoms with van der Waals surface area (Å²) in [7, 11) is -3.70. The Kier molecular flexibility index (Phi) is 6.32. The van der Waals surface area contributed by atoms with E-state index in [4.69, 9.17) is 5.11 Å². The van der Waals surface area contributed by atoms with Crippen molar-refractivity contribution in [2.75, 3.05) is 19.6 Å². The van der Waals surface area contributed by atoms with Gasteiger partial charge in [-0.25, -0.2) is 17.9 Å². The van der Waals surface area contributed by atoms with Crippen molar-refractivity contribution in [2.24, 2.45) is 0 Å². The molecule has 0 amide bonds. The fourth-order valence-electron chi connectivity index (χ4n) is 2.09. The van der Waals surface area contributed by atoms with Crippen molar-refractivity contribution in [3.8, 4) is 0 Å². The summed E-state index contributed by atoms with van der Waals surface area (Å²) in [6.07, 6.45) is 0. The van der Waals surface area contributed by atoms with Gasteiger partial charge in [-0.15, -0.1) is 0 Å². The predicted octanol–water partition coefficient (Wildman–Crippen LogP) is 1.39. The summed E-state index contributed by atoms with van der Waals surface area (Å²) in [4.78, 5) is 13.0. The minimum atomic E-state index is -3.70. The Hall–Kier alpha value is -1.44. The third-order valence-electron chi connectivity index (χ3n) is 3.40. The van der Waals surface area contributed by atoms with Crippen molar-refractivity contribution in [3.05, 3.63) is 29.8 Å². The molecule has 0 aliphatic rings. The summed E-state index contributed by atoms with van der Waals surface area (Å²) in [5.74, 6) is -1.15. The predicted molar refractivity (Wildman–Crippen MR) is 81.0 cm³/mol. The third-order valence-corrected chi connectivity index (χ3v) is 4.82. The van der Waals surface area contributed by atoms with Crippen LogP contribution in [0.1, 0.15) is 31.1 Å². The van der Waals surface area contributed by atoms with E-state index in [0.717, 1.165) is 19.2 Å². The van der Waals surface area contributed by atoms with E-state index in [1.165, 1.54) is 18.2 Å². The zero-order chi connectivity index (χ0) is 16.0. The molecule has 2 N–H and O–H groups in total. The molecule has 0 heterocycles. The second-order valence-corrected chi connectivity index (χ2v) is 6.52. The lowest BCUT2D eigenvalue weighted by Gasteiger charge is -2.26. The molecule has 0 aromatic heterocycles. The zero-order valence-electron chi connectivity index (χ0n) is 12.5. The number of carbonyl (C=O) groups is 1. The maximum absolute atomic E-state index is 12.2.